The van der Waals surface area contributed by atoms with E-state index in [1.165, 1.54) is 0 Å². The van der Waals surface area contributed by atoms with Crippen molar-refractivity contribution in [2.24, 2.45) is 0 Å². The quantitative estimate of drug-likeness (QED) is 0.612. The number of H-pyrrole nitrogens is 1. The van der Waals surface area contributed by atoms with E-state index in [9.17, 15) is 0 Å². The highest BCUT2D eigenvalue weighted by molar-refractivity contribution is 5.87. The maximum atomic E-state index is 5.55. The zero-order valence-corrected chi connectivity index (χ0v) is 14.2. The molecule has 1 aliphatic heterocycles. The van der Waals surface area contributed by atoms with Gasteiger partial charge in [-0.25, -0.2) is 9.97 Å². The van der Waals surface area contributed by atoms with Gasteiger partial charge < -0.3 is 14.4 Å². The van der Waals surface area contributed by atoms with Crippen molar-refractivity contribution in [1.82, 2.24) is 25.1 Å². The average molecular weight is 346 g/mol. The Morgan fingerprint density at radius 1 is 1.04 bits per heavy atom. The molecule has 1 N–H and O–H groups in total. The number of nitrogens with zero attached hydrogens (tertiary/aromatic N) is 5. The Bertz CT molecular complexity index is 1020. The van der Waals surface area contributed by atoms with E-state index in [0.717, 1.165) is 54.2 Å². The minimum atomic E-state index is 0.291. The Labute approximate surface area is 150 Å². The first-order chi connectivity index (χ1) is 12.9. The summed E-state index contributed by atoms with van der Waals surface area (Å²) in [4.78, 5) is 18.8. The molecule has 0 spiro atoms. The minimum absolute atomic E-state index is 0.291. The summed E-state index contributed by atoms with van der Waals surface area (Å²) in [5.41, 5.74) is 1.86. The van der Waals surface area contributed by atoms with E-state index in [2.05, 4.69) is 30.0 Å². The Morgan fingerprint density at radius 3 is 2.73 bits per heavy atom. The number of aromatic amines is 1. The largest absolute Gasteiger partial charge is 0.356 e. The summed E-state index contributed by atoms with van der Waals surface area (Å²) in [7, 11) is 0. The van der Waals surface area contributed by atoms with Gasteiger partial charge in [0.1, 0.15) is 17.8 Å². The number of hydrogen-bond acceptors (Lipinski definition) is 6. The van der Waals surface area contributed by atoms with Gasteiger partial charge in [-0.1, -0.05) is 35.5 Å². The molecule has 130 valence electrons. The Balaban J connectivity index is 1.32. The standard InChI is InChI=1S/C19H18N6O/c1-2-4-13(5-3-1)16-23-19(26-24-16)14-7-10-25(11-8-14)18-15-6-9-20-17(15)21-12-22-18/h1-6,9,12,14H,7-8,10-11H2,(H,20,21,22). The molecule has 0 amide bonds. The predicted octanol–water partition coefficient (Wildman–Crippen LogP) is 3.39. The van der Waals surface area contributed by atoms with Crippen LogP contribution in [-0.4, -0.2) is 38.2 Å². The van der Waals surface area contributed by atoms with Crippen LogP contribution in [0, 0.1) is 0 Å². The fourth-order valence-corrected chi connectivity index (χ4v) is 3.55. The van der Waals surface area contributed by atoms with Crippen molar-refractivity contribution in [3.63, 3.8) is 0 Å². The van der Waals surface area contributed by atoms with Gasteiger partial charge >= 0.3 is 0 Å². The summed E-state index contributed by atoms with van der Waals surface area (Å²) in [6, 6.07) is 12.0. The van der Waals surface area contributed by atoms with Crippen LogP contribution in [0.1, 0.15) is 24.7 Å². The molecule has 26 heavy (non-hydrogen) atoms. The fourth-order valence-electron chi connectivity index (χ4n) is 3.55. The smallest absolute Gasteiger partial charge is 0.230 e. The van der Waals surface area contributed by atoms with Crippen LogP contribution in [0.4, 0.5) is 5.82 Å². The van der Waals surface area contributed by atoms with Crippen LogP contribution in [-0.2, 0) is 0 Å². The summed E-state index contributed by atoms with van der Waals surface area (Å²) in [6.45, 7) is 1.82. The lowest BCUT2D eigenvalue weighted by Gasteiger charge is -2.31. The normalized spacial score (nSPS) is 15.6. The number of hydrogen-bond donors (Lipinski definition) is 1. The Kier molecular flexibility index (Phi) is 3.62. The molecule has 7 heteroatoms. The van der Waals surface area contributed by atoms with E-state index in [1.54, 1.807) is 6.33 Å². The van der Waals surface area contributed by atoms with E-state index < -0.39 is 0 Å². The highest BCUT2D eigenvalue weighted by Crippen LogP contribution is 2.32. The molecule has 0 atom stereocenters. The number of anilines is 1. The van der Waals surface area contributed by atoms with Crippen LogP contribution < -0.4 is 4.90 Å². The summed E-state index contributed by atoms with van der Waals surface area (Å²) < 4.78 is 5.55. The molecule has 0 unspecified atom stereocenters. The fraction of sp³-hybridized carbons (Fsp3) is 0.263. The highest BCUT2D eigenvalue weighted by Gasteiger charge is 2.27. The molecule has 0 saturated carbocycles. The van der Waals surface area contributed by atoms with Crippen molar-refractivity contribution in [1.29, 1.82) is 0 Å². The van der Waals surface area contributed by atoms with Crippen molar-refractivity contribution in [3.05, 3.63) is 54.8 Å². The van der Waals surface area contributed by atoms with Crippen molar-refractivity contribution >= 4 is 16.9 Å². The number of rotatable bonds is 3. The molecule has 7 nitrogen and oxygen atoms in total. The van der Waals surface area contributed by atoms with Gasteiger partial charge in [0, 0.05) is 30.8 Å². The molecular weight excluding hydrogens is 328 g/mol. The minimum Gasteiger partial charge on any atom is -0.356 e. The lowest BCUT2D eigenvalue weighted by atomic mass is 9.96. The molecule has 3 aromatic heterocycles. The van der Waals surface area contributed by atoms with Crippen LogP contribution in [0.3, 0.4) is 0 Å². The molecule has 1 aromatic carbocycles. The van der Waals surface area contributed by atoms with E-state index in [-0.39, 0.29) is 0 Å². The zero-order chi connectivity index (χ0) is 17.3. The Morgan fingerprint density at radius 2 is 1.88 bits per heavy atom. The number of fused-ring (bicyclic) bond motifs is 1. The van der Waals surface area contributed by atoms with Gasteiger partial charge in [0.15, 0.2) is 0 Å². The molecule has 1 aliphatic rings. The molecule has 0 radical (unpaired) electrons. The lowest BCUT2D eigenvalue weighted by Crippen LogP contribution is -2.33. The van der Waals surface area contributed by atoms with Crippen LogP contribution in [0.25, 0.3) is 22.4 Å². The lowest BCUT2D eigenvalue weighted by molar-refractivity contribution is 0.329. The van der Waals surface area contributed by atoms with Crippen molar-refractivity contribution in [2.75, 3.05) is 18.0 Å². The molecular formula is C19H18N6O. The van der Waals surface area contributed by atoms with Gasteiger partial charge in [0.05, 0.1) is 5.39 Å². The molecule has 5 rings (SSSR count). The average Bonchev–Trinajstić information content (AvgIpc) is 3.38. The summed E-state index contributed by atoms with van der Waals surface area (Å²) in [5.74, 6) is 2.68. The molecule has 4 aromatic rings. The highest BCUT2D eigenvalue weighted by atomic mass is 16.5. The third-order valence-corrected chi connectivity index (χ3v) is 4.95. The maximum absolute atomic E-state index is 5.55. The van der Waals surface area contributed by atoms with Crippen molar-refractivity contribution < 1.29 is 4.52 Å². The second-order valence-electron chi connectivity index (χ2n) is 6.52. The summed E-state index contributed by atoms with van der Waals surface area (Å²) in [6.07, 6.45) is 5.45. The number of benzene rings is 1. The summed E-state index contributed by atoms with van der Waals surface area (Å²) >= 11 is 0. The SMILES string of the molecule is c1ccc(-c2noc(C3CCN(c4ncnc5[nH]ccc45)CC3)n2)cc1. The molecule has 0 aliphatic carbocycles. The van der Waals surface area contributed by atoms with E-state index in [4.69, 9.17) is 4.52 Å². The second kappa shape index (κ2) is 6.25. The number of aromatic nitrogens is 5. The Hall–Kier alpha value is -3.22. The zero-order valence-electron chi connectivity index (χ0n) is 14.2. The number of nitrogens with one attached hydrogen (secondary N) is 1. The van der Waals surface area contributed by atoms with Crippen molar-refractivity contribution in [3.8, 4) is 11.4 Å². The van der Waals surface area contributed by atoms with E-state index in [1.807, 2.05) is 42.6 Å². The van der Waals surface area contributed by atoms with Gasteiger partial charge in [-0.05, 0) is 18.9 Å². The first-order valence-corrected chi connectivity index (χ1v) is 8.80. The van der Waals surface area contributed by atoms with Crippen LogP contribution >= 0.6 is 0 Å². The second-order valence-corrected chi connectivity index (χ2v) is 6.52. The molecule has 0 bridgehead atoms. The number of piperidine rings is 1. The third kappa shape index (κ3) is 2.61. The van der Waals surface area contributed by atoms with E-state index >= 15 is 0 Å². The van der Waals surface area contributed by atoms with Gasteiger partial charge in [-0.2, -0.15) is 4.98 Å². The first-order valence-electron chi connectivity index (χ1n) is 8.80. The van der Waals surface area contributed by atoms with Gasteiger partial charge in [0.2, 0.25) is 11.7 Å². The third-order valence-electron chi connectivity index (χ3n) is 4.95. The summed E-state index contributed by atoms with van der Waals surface area (Å²) in [5, 5.41) is 5.21. The van der Waals surface area contributed by atoms with Crippen LogP contribution in [0.2, 0.25) is 0 Å². The molecule has 1 saturated heterocycles. The molecule has 4 heterocycles. The first kappa shape index (κ1) is 15.1. The predicted molar refractivity (Wildman–Crippen MR) is 97.8 cm³/mol. The van der Waals surface area contributed by atoms with Crippen molar-refractivity contribution in [2.45, 2.75) is 18.8 Å². The molecule has 1 fully saturated rings. The van der Waals surface area contributed by atoms with Crippen LogP contribution in [0.15, 0.2) is 53.4 Å². The maximum Gasteiger partial charge on any atom is 0.230 e. The monoisotopic (exact) mass is 346 g/mol. The van der Waals surface area contributed by atoms with Crippen LogP contribution in [0.5, 0.6) is 0 Å². The van der Waals surface area contributed by atoms with Gasteiger partial charge in [-0.3, -0.25) is 0 Å². The van der Waals surface area contributed by atoms with E-state index in [0.29, 0.717) is 11.7 Å². The van der Waals surface area contributed by atoms with Gasteiger partial charge in [-0.15, -0.1) is 0 Å². The topological polar surface area (TPSA) is 83.7 Å². The van der Waals surface area contributed by atoms with Gasteiger partial charge in [0.25, 0.3) is 0 Å².